The molecule has 0 radical (unpaired) electrons. The highest BCUT2D eigenvalue weighted by Crippen LogP contribution is 2.26. The lowest BCUT2D eigenvalue weighted by atomic mass is 9.89. The van der Waals surface area contributed by atoms with E-state index >= 15 is 0 Å². The van der Waals surface area contributed by atoms with Crippen molar-refractivity contribution in [1.29, 1.82) is 0 Å². The third-order valence-corrected chi connectivity index (χ3v) is 5.22. The maximum Gasteiger partial charge on any atom is 0.239 e. The Bertz CT molecular complexity index is 838. The summed E-state index contributed by atoms with van der Waals surface area (Å²) >= 11 is 0. The molecule has 1 fully saturated rings. The standard InChI is InChI=1S/C21H27N5O2/c1-15-7-5-8-16(2)17(15)24-18(27)21(3,4)19(28)25-11-13-26(14-12-25)20-22-9-6-10-23-20/h5-10H,11-14H2,1-4H3,(H,24,27). The van der Waals surface area contributed by atoms with Crippen molar-refractivity contribution in [2.24, 2.45) is 5.41 Å². The second kappa shape index (κ2) is 7.96. The van der Waals surface area contributed by atoms with Crippen molar-refractivity contribution >= 4 is 23.5 Å². The van der Waals surface area contributed by atoms with Crippen molar-refractivity contribution in [2.45, 2.75) is 27.7 Å². The Morgan fingerprint density at radius 3 is 2.11 bits per heavy atom. The first-order valence-corrected chi connectivity index (χ1v) is 9.49. The molecule has 0 unspecified atom stereocenters. The Hall–Kier alpha value is -2.96. The van der Waals surface area contributed by atoms with Gasteiger partial charge in [0.2, 0.25) is 17.8 Å². The number of rotatable bonds is 4. The fourth-order valence-corrected chi connectivity index (χ4v) is 3.34. The van der Waals surface area contributed by atoms with Crippen LogP contribution in [0.3, 0.4) is 0 Å². The third kappa shape index (κ3) is 3.98. The molecule has 7 heteroatoms. The number of piperazine rings is 1. The molecule has 148 valence electrons. The monoisotopic (exact) mass is 381 g/mol. The number of hydrogen-bond donors (Lipinski definition) is 1. The van der Waals surface area contributed by atoms with Crippen LogP contribution < -0.4 is 10.2 Å². The molecule has 28 heavy (non-hydrogen) atoms. The van der Waals surface area contributed by atoms with Gasteiger partial charge in [-0.3, -0.25) is 9.59 Å². The highest BCUT2D eigenvalue weighted by Gasteiger charge is 2.40. The number of aryl methyl sites for hydroxylation is 2. The summed E-state index contributed by atoms with van der Waals surface area (Å²) in [7, 11) is 0. The smallest absolute Gasteiger partial charge is 0.239 e. The molecule has 1 aliphatic heterocycles. The fourth-order valence-electron chi connectivity index (χ4n) is 3.34. The van der Waals surface area contributed by atoms with Crippen molar-refractivity contribution < 1.29 is 9.59 Å². The number of nitrogens with one attached hydrogen (secondary N) is 1. The number of nitrogens with zero attached hydrogens (tertiary/aromatic N) is 4. The lowest BCUT2D eigenvalue weighted by Crippen LogP contribution is -2.54. The van der Waals surface area contributed by atoms with E-state index in [2.05, 4.69) is 15.3 Å². The molecule has 1 N–H and O–H groups in total. The maximum atomic E-state index is 13.1. The van der Waals surface area contributed by atoms with Crippen LogP contribution in [0.25, 0.3) is 0 Å². The van der Waals surface area contributed by atoms with Gasteiger partial charge in [0.25, 0.3) is 0 Å². The summed E-state index contributed by atoms with van der Waals surface area (Å²) in [6.07, 6.45) is 3.42. The SMILES string of the molecule is Cc1cccc(C)c1NC(=O)C(C)(C)C(=O)N1CCN(c2ncccn2)CC1. The van der Waals surface area contributed by atoms with E-state index in [-0.39, 0.29) is 11.8 Å². The molecule has 2 heterocycles. The van der Waals surface area contributed by atoms with E-state index in [0.717, 1.165) is 16.8 Å². The maximum absolute atomic E-state index is 13.1. The molecule has 7 nitrogen and oxygen atoms in total. The molecule has 1 aliphatic rings. The molecule has 0 saturated carbocycles. The first kappa shape index (κ1) is 19.8. The summed E-state index contributed by atoms with van der Waals surface area (Å²) < 4.78 is 0. The van der Waals surface area contributed by atoms with Crippen LogP contribution in [0.2, 0.25) is 0 Å². The van der Waals surface area contributed by atoms with Crippen LogP contribution in [0.5, 0.6) is 0 Å². The second-order valence-electron chi connectivity index (χ2n) is 7.67. The van der Waals surface area contributed by atoms with Crippen molar-refractivity contribution in [3.8, 4) is 0 Å². The summed E-state index contributed by atoms with van der Waals surface area (Å²) in [6, 6.07) is 7.62. The van der Waals surface area contributed by atoms with E-state index in [1.54, 1.807) is 37.2 Å². The Balaban J connectivity index is 1.65. The predicted octanol–water partition coefficient (Wildman–Crippen LogP) is 2.41. The van der Waals surface area contributed by atoms with Crippen LogP contribution in [0, 0.1) is 19.3 Å². The van der Waals surface area contributed by atoms with Gasteiger partial charge in [0.05, 0.1) is 0 Å². The average Bonchev–Trinajstić information content (AvgIpc) is 2.71. The first-order chi connectivity index (χ1) is 13.3. The molecule has 0 aliphatic carbocycles. The van der Waals surface area contributed by atoms with Crippen molar-refractivity contribution in [2.75, 3.05) is 36.4 Å². The number of para-hydroxylation sites is 1. The molecule has 0 atom stereocenters. The quantitative estimate of drug-likeness (QED) is 0.823. The number of amides is 2. The lowest BCUT2D eigenvalue weighted by molar-refractivity contribution is -0.146. The largest absolute Gasteiger partial charge is 0.338 e. The Morgan fingerprint density at radius 1 is 0.964 bits per heavy atom. The Kier molecular flexibility index (Phi) is 5.63. The van der Waals surface area contributed by atoms with Crippen LogP contribution in [-0.4, -0.2) is 52.9 Å². The van der Waals surface area contributed by atoms with Crippen LogP contribution in [0.4, 0.5) is 11.6 Å². The summed E-state index contributed by atoms with van der Waals surface area (Å²) in [5.41, 5.74) is 1.58. The minimum absolute atomic E-state index is 0.162. The predicted molar refractivity (Wildman–Crippen MR) is 109 cm³/mol. The normalized spacial score (nSPS) is 14.7. The molecule has 1 saturated heterocycles. The summed E-state index contributed by atoms with van der Waals surface area (Å²) in [5, 5.41) is 2.96. The zero-order valence-electron chi connectivity index (χ0n) is 16.9. The van der Waals surface area contributed by atoms with Gasteiger partial charge in [-0.25, -0.2) is 9.97 Å². The van der Waals surface area contributed by atoms with E-state index in [4.69, 9.17) is 0 Å². The molecule has 1 aromatic heterocycles. The van der Waals surface area contributed by atoms with Crippen LogP contribution in [0.15, 0.2) is 36.7 Å². The molecule has 2 aromatic rings. The van der Waals surface area contributed by atoms with Gasteiger partial charge < -0.3 is 15.1 Å². The number of aromatic nitrogens is 2. The van der Waals surface area contributed by atoms with Crippen LogP contribution in [0.1, 0.15) is 25.0 Å². The van der Waals surface area contributed by atoms with Crippen molar-refractivity contribution in [3.05, 3.63) is 47.8 Å². The molecule has 0 bridgehead atoms. The molecule has 1 aromatic carbocycles. The summed E-state index contributed by atoms with van der Waals surface area (Å²) in [4.78, 5) is 38.3. The van der Waals surface area contributed by atoms with Crippen LogP contribution >= 0.6 is 0 Å². The van der Waals surface area contributed by atoms with Crippen molar-refractivity contribution in [1.82, 2.24) is 14.9 Å². The van der Waals surface area contributed by atoms with E-state index in [1.807, 2.05) is 36.9 Å². The van der Waals surface area contributed by atoms with Gasteiger partial charge in [0.1, 0.15) is 5.41 Å². The topological polar surface area (TPSA) is 78.4 Å². The minimum atomic E-state index is -1.15. The Morgan fingerprint density at radius 2 is 1.54 bits per heavy atom. The average molecular weight is 381 g/mol. The van der Waals surface area contributed by atoms with Gasteiger partial charge >= 0.3 is 0 Å². The highest BCUT2D eigenvalue weighted by molar-refractivity contribution is 6.10. The number of benzene rings is 1. The van der Waals surface area contributed by atoms with Gasteiger partial charge in [0.15, 0.2) is 0 Å². The molecule has 2 amide bonds. The van der Waals surface area contributed by atoms with Gasteiger partial charge in [-0.05, 0) is 44.9 Å². The fraction of sp³-hybridized carbons (Fsp3) is 0.429. The molecule has 0 spiro atoms. The van der Waals surface area contributed by atoms with E-state index in [9.17, 15) is 9.59 Å². The van der Waals surface area contributed by atoms with Crippen LogP contribution in [-0.2, 0) is 9.59 Å². The van der Waals surface area contributed by atoms with E-state index < -0.39 is 5.41 Å². The molecule has 3 rings (SSSR count). The number of carbonyl (C=O) groups is 2. The second-order valence-corrected chi connectivity index (χ2v) is 7.67. The van der Waals surface area contributed by atoms with Gasteiger partial charge in [-0.2, -0.15) is 0 Å². The molecular formula is C21H27N5O2. The van der Waals surface area contributed by atoms with Gasteiger partial charge in [0, 0.05) is 44.3 Å². The van der Waals surface area contributed by atoms with Gasteiger partial charge in [-0.1, -0.05) is 18.2 Å². The minimum Gasteiger partial charge on any atom is -0.338 e. The van der Waals surface area contributed by atoms with E-state index in [1.165, 1.54) is 0 Å². The Labute approximate surface area is 165 Å². The van der Waals surface area contributed by atoms with Crippen molar-refractivity contribution in [3.63, 3.8) is 0 Å². The zero-order chi connectivity index (χ0) is 20.3. The van der Waals surface area contributed by atoms with E-state index in [0.29, 0.717) is 32.1 Å². The van der Waals surface area contributed by atoms with Gasteiger partial charge in [-0.15, -0.1) is 0 Å². The summed E-state index contributed by atoms with van der Waals surface area (Å²) in [6.45, 7) is 9.63. The summed E-state index contributed by atoms with van der Waals surface area (Å²) in [5.74, 6) is 0.218. The highest BCUT2D eigenvalue weighted by atomic mass is 16.2. The number of anilines is 2. The first-order valence-electron chi connectivity index (χ1n) is 9.49. The number of hydrogen-bond acceptors (Lipinski definition) is 5. The zero-order valence-corrected chi connectivity index (χ0v) is 16.9. The molecular weight excluding hydrogens is 354 g/mol. The lowest BCUT2D eigenvalue weighted by Gasteiger charge is -2.38. The third-order valence-electron chi connectivity index (χ3n) is 5.22. The number of carbonyl (C=O) groups excluding carboxylic acids is 2.